The standard InChI is InChI=1S/C9H7NO2/c11-9(12)7-3-1-2-6-4-10-5-8(6)7/h1-5,10H,(H,11,12). The molecular weight excluding hydrogens is 154 g/mol. The number of aromatic amines is 1. The second kappa shape index (κ2) is 2.37. The lowest BCUT2D eigenvalue weighted by Gasteiger charge is -1.94. The number of aromatic nitrogens is 1. The fourth-order valence-corrected chi connectivity index (χ4v) is 1.27. The molecule has 3 nitrogen and oxygen atoms in total. The minimum absolute atomic E-state index is 0.341. The Kier molecular flexibility index (Phi) is 1.37. The maximum Gasteiger partial charge on any atom is 0.336 e. The third-order valence-electron chi connectivity index (χ3n) is 1.84. The molecule has 0 saturated carbocycles. The first-order valence-electron chi connectivity index (χ1n) is 3.58. The summed E-state index contributed by atoms with van der Waals surface area (Å²) in [6.07, 6.45) is 3.47. The number of aromatic carboxylic acids is 1. The van der Waals surface area contributed by atoms with Gasteiger partial charge in [0.2, 0.25) is 0 Å². The first kappa shape index (κ1) is 6.91. The van der Waals surface area contributed by atoms with E-state index < -0.39 is 5.97 Å². The van der Waals surface area contributed by atoms with Crippen LogP contribution in [0.4, 0.5) is 0 Å². The number of H-pyrrole nitrogens is 1. The minimum atomic E-state index is -0.889. The average Bonchev–Trinajstić information content (AvgIpc) is 2.49. The number of carbonyl (C=O) groups is 1. The van der Waals surface area contributed by atoms with Crippen molar-refractivity contribution in [3.05, 3.63) is 36.2 Å². The summed E-state index contributed by atoms with van der Waals surface area (Å²) < 4.78 is 0. The molecule has 0 spiro atoms. The highest BCUT2D eigenvalue weighted by molar-refractivity contribution is 6.03. The molecule has 12 heavy (non-hydrogen) atoms. The van der Waals surface area contributed by atoms with Gasteiger partial charge in [0.25, 0.3) is 0 Å². The summed E-state index contributed by atoms with van der Waals surface area (Å²) in [7, 11) is 0. The van der Waals surface area contributed by atoms with Crippen molar-refractivity contribution in [2.45, 2.75) is 0 Å². The van der Waals surface area contributed by atoms with Crippen LogP contribution in [0.15, 0.2) is 30.6 Å². The minimum Gasteiger partial charge on any atom is -0.478 e. The van der Waals surface area contributed by atoms with Gasteiger partial charge in [0, 0.05) is 17.8 Å². The third kappa shape index (κ3) is 0.871. The van der Waals surface area contributed by atoms with Crippen LogP contribution in [-0.4, -0.2) is 16.1 Å². The van der Waals surface area contributed by atoms with Crippen molar-refractivity contribution in [2.75, 3.05) is 0 Å². The number of nitrogens with one attached hydrogen (secondary N) is 1. The summed E-state index contributed by atoms with van der Waals surface area (Å²) >= 11 is 0. The fraction of sp³-hybridized carbons (Fsp3) is 0. The summed E-state index contributed by atoms with van der Waals surface area (Å²) in [6.45, 7) is 0. The highest BCUT2D eigenvalue weighted by atomic mass is 16.4. The molecule has 0 saturated heterocycles. The molecule has 2 aromatic rings. The molecule has 1 aromatic carbocycles. The number of fused-ring (bicyclic) bond motifs is 1. The number of benzene rings is 1. The molecule has 2 rings (SSSR count). The van der Waals surface area contributed by atoms with E-state index in [1.807, 2.05) is 6.07 Å². The zero-order chi connectivity index (χ0) is 8.55. The monoisotopic (exact) mass is 161 g/mol. The van der Waals surface area contributed by atoms with E-state index in [0.29, 0.717) is 5.56 Å². The zero-order valence-corrected chi connectivity index (χ0v) is 6.24. The lowest BCUT2D eigenvalue weighted by Crippen LogP contribution is -1.95. The van der Waals surface area contributed by atoms with E-state index in [4.69, 9.17) is 5.11 Å². The maximum atomic E-state index is 10.7. The summed E-state index contributed by atoms with van der Waals surface area (Å²) in [6, 6.07) is 5.20. The van der Waals surface area contributed by atoms with E-state index in [9.17, 15) is 4.79 Å². The van der Waals surface area contributed by atoms with Gasteiger partial charge in [-0.05, 0) is 11.5 Å². The van der Waals surface area contributed by atoms with Gasteiger partial charge in [-0.15, -0.1) is 0 Å². The van der Waals surface area contributed by atoms with Crippen LogP contribution in [0.25, 0.3) is 10.8 Å². The second-order valence-corrected chi connectivity index (χ2v) is 2.57. The van der Waals surface area contributed by atoms with E-state index in [-0.39, 0.29) is 0 Å². The number of hydrogen-bond donors (Lipinski definition) is 2. The zero-order valence-electron chi connectivity index (χ0n) is 6.24. The van der Waals surface area contributed by atoms with Crippen molar-refractivity contribution in [3.63, 3.8) is 0 Å². The number of carboxylic acids is 1. The van der Waals surface area contributed by atoms with Gasteiger partial charge in [-0.25, -0.2) is 4.79 Å². The highest BCUT2D eigenvalue weighted by Gasteiger charge is 2.06. The van der Waals surface area contributed by atoms with Crippen LogP contribution in [-0.2, 0) is 0 Å². The van der Waals surface area contributed by atoms with E-state index in [2.05, 4.69) is 4.98 Å². The lowest BCUT2D eigenvalue weighted by molar-refractivity contribution is 0.0699. The quantitative estimate of drug-likeness (QED) is 0.670. The summed E-state index contributed by atoms with van der Waals surface area (Å²) in [5.41, 5.74) is 0.341. The van der Waals surface area contributed by atoms with Crippen molar-refractivity contribution in [3.8, 4) is 0 Å². The lowest BCUT2D eigenvalue weighted by atomic mass is 10.1. The Labute approximate surface area is 68.6 Å². The smallest absolute Gasteiger partial charge is 0.336 e. The molecule has 0 unspecified atom stereocenters. The normalized spacial score (nSPS) is 10.3. The topological polar surface area (TPSA) is 53.1 Å². The van der Waals surface area contributed by atoms with Gasteiger partial charge in [-0.2, -0.15) is 0 Å². The van der Waals surface area contributed by atoms with Gasteiger partial charge in [0.15, 0.2) is 0 Å². The van der Waals surface area contributed by atoms with Gasteiger partial charge < -0.3 is 10.1 Å². The van der Waals surface area contributed by atoms with Crippen LogP contribution in [0.1, 0.15) is 10.4 Å². The van der Waals surface area contributed by atoms with Crippen LogP contribution >= 0.6 is 0 Å². The molecule has 0 aliphatic heterocycles. The van der Waals surface area contributed by atoms with Crippen LogP contribution in [0.5, 0.6) is 0 Å². The van der Waals surface area contributed by atoms with Crippen LogP contribution in [0, 0.1) is 0 Å². The first-order chi connectivity index (χ1) is 5.79. The average molecular weight is 161 g/mol. The molecule has 0 aliphatic carbocycles. The highest BCUT2D eigenvalue weighted by Crippen LogP contribution is 2.17. The fourth-order valence-electron chi connectivity index (χ4n) is 1.27. The van der Waals surface area contributed by atoms with E-state index in [1.165, 1.54) is 0 Å². The maximum absolute atomic E-state index is 10.7. The molecule has 1 heterocycles. The largest absolute Gasteiger partial charge is 0.478 e. The second-order valence-electron chi connectivity index (χ2n) is 2.57. The molecular formula is C9H7NO2. The van der Waals surface area contributed by atoms with Crippen molar-refractivity contribution in [1.29, 1.82) is 0 Å². The Morgan fingerprint density at radius 3 is 2.92 bits per heavy atom. The molecule has 0 radical (unpaired) electrons. The first-order valence-corrected chi connectivity index (χ1v) is 3.58. The van der Waals surface area contributed by atoms with Gasteiger partial charge in [0.05, 0.1) is 5.56 Å². The van der Waals surface area contributed by atoms with Gasteiger partial charge in [-0.3, -0.25) is 0 Å². The van der Waals surface area contributed by atoms with E-state index in [0.717, 1.165) is 10.8 Å². The predicted octanol–water partition coefficient (Wildman–Crippen LogP) is 1.87. The van der Waals surface area contributed by atoms with Crippen molar-refractivity contribution in [2.24, 2.45) is 0 Å². The molecule has 0 fully saturated rings. The number of hydrogen-bond acceptors (Lipinski definition) is 1. The van der Waals surface area contributed by atoms with Crippen molar-refractivity contribution in [1.82, 2.24) is 4.98 Å². The number of carboxylic acid groups (broad SMARTS) is 1. The van der Waals surface area contributed by atoms with Crippen LogP contribution < -0.4 is 0 Å². The third-order valence-corrected chi connectivity index (χ3v) is 1.84. The molecule has 0 amide bonds. The summed E-state index contributed by atoms with van der Waals surface area (Å²) in [5, 5.41) is 10.5. The summed E-state index contributed by atoms with van der Waals surface area (Å²) in [4.78, 5) is 13.6. The van der Waals surface area contributed by atoms with Crippen LogP contribution in [0.3, 0.4) is 0 Å². The van der Waals surface area contributed by atoms with E-state index in [1.54, 1.807) is 24.5 Å². The van der Waals surface area contributed by atoms with Gasteiger partial charge in [0.1, 0.15) is 0 Å². The van der Waals surface area contributed by atoms with Crippen molar-refractivity contribution < 1.29 is 9.90 Å². The predicted molar refractivity (Wildman–Crippen MR) is 45.3 cm³/mol. The Bertz CT molecular complexity index is 431. The Morgan fingerprint density at radius 1 is 1.33 bits per heavy atom. The molecule has 1 aromatic heterocycles. The Morgan fingerprint density at radius 2 is 2.17 bits per heavy atom. The van der Waals surface area contributed by atoms with Crippen molar-refractivity contribution >= 4 is 16.7 Å². The molecule has 3 heteroatoms. The van der Waals surface area contributed by atoms with Crippen LogP contribution in [0.2, 0.25) is 0 Å². The molecule has 0 atom stereocenters. The Hall–Kier alpha value is -1.77. The van der Waals surface area contributed by atoms with Gasteiger partial charge in [-0.1, -0.05) is 12.1 Å². The summed E-state index contributed by atoms with van der Waals surface area (Å²) in [5.74, 6) is -0.889. The van der Waals surface area contributed by atoms with Gasteiger partial charge >= 0.3 is 5.97 Å². The van der Waals surface area contributed by atoms with E-state index >= 15 is 0 Å². The molecule has 60 valence electrons. The number of rotatable bonds is 1. The molecule has 0 aliphatic rings. The molecule has 2 N–H and O–H groups in total. The SMILES string of the molecule is O=C(O)c1cccc2c[nH]cc12. The Balaban J connectivity index is 2.82. The molecule has 0 bridgehead atoms.